The molecule has 0 aliphatic heterocycles. The standard InChI is InChI=1S/C20H22N2O7/c1-3-28-16(23)11-13(20(27)29-4-2)17(19(25)26)22-18(24)15-10-9-12-7-5-6-8-14(12)21-15/h5-10,13,17H,3-4,11H2,1-2H3,(H,22,24)(H,25,26)/t13-,17+/m1/s1. The molecule has 2 rings (SSSR count). The number of hydrogen-bond acceptors (Lipinski definition) is 7. The number of aliphatic carboxylic acids is 1. The number of rotatable bonds is 9. The van der Waals surface area contributed by atoms with E-state index in [4.69, 9.17) is 9.47 Å². The number of ether oxygens (including phenoxy) is 2. The summed E-state index contributed by atoms with van der Waals surface area (Å²) in [6.45, 7) is 3.19. The van der Waals surface area contributed by atoms with Gasteiger partial charge in [0.25, 0.3) is 5.91 Å². The molecule has 0 saturated carbocycles. The van der Waals surface area contributed by atoms with Crippen molar-refractivity contribution in [2.24, 2.45) is 5.92 Å². The molecular weight excluding hydrogens is 380 g/mol. The summed E-state index contributed by atoms with van der Waals surface area (Å²) in [5.74, 6) is -5.41. The molecule has 29 heavy (non-hydrogen) atoms. The highest BCUT2D eigenvalue weighted by Gasteiger charge is 2.38. The summed E-state index contributed by atoms with van der Waals surface area (Å²) >= 11 is 0. The van der Waals surface area contributed by atoms with Gasteiger partial charge in [-0.25, -0.2) is 9.78 Å². The first-order valence-electron chi connectivity index (χ1n) is 9.09. The number of nitrogens with zero attached hydrogens (tertiary/aromatic N) is 1. The van der Waals surface area contributed by atoms with Crippen LogP contribution in [-0.4, -0.2) is 53.2 Å². The summed E-state index contributed by atoms with van der Waals surface area (Å²) in [5.41, 5.74) is 0.536. The molecule has 0 aliphatic carbocycles. The number of carboxylic acid groups (broad SMARTS) is 1. The van der Waals surface area contributed by atoms with Crippen LogP contribution in [0.4, 0.5) is 0 Å². The Morgan fingerprint density at radius 2 is 1.72 bits per heavy atom. The van der Waals surface area contributed by atoms with Gasteiger partial charge in [-0.2, -0.15) is 0 Å². The van der Waals surface area contributed by atoms with Gasteiger partial charge in [-0.05, 0) is 26.0 Å². The number of aromatic nitrogens is 1. The lowest BCUT2D eigenvalue weighted by molar-refractivity contribution is -0.159. The summed E-state index contributed by atoms with van der Waals surface area (Å²) < 4.78 is 9.69. The van der Waals surface area contributed by atoms with Crippen molar-refractivity contribution in [2.75, 3.05) is 13.2 Å². The average molecular weight is 402 g/mol. The maximum atomic E-state index is 12.6. The van der Waals surface area contributed by atoms with Crippen LogP contribution in [0, 0.1) is 5.92 Å². The maximum Gasteiger partial charge on any atom is 0.327 e. The second-order valence-corrected chi connectivity index (χ2v) is 6.05. The smallest absolute Gasteiger partial charge is 0.327 e. The maximum absolute atomic E-state index is 12.6. The van der Waals surface area contributed by atoms with Crippen LogP contribution in [0.2, 0.25) is 0 Å². The van der Waals surface area contributed by atoms with Crippen LogP contribution in [-0.2, 0) is 23.9 Å². The van der Waals surface area contributed by atoms with E-state index in [0.717, 1.165) is 5.39 Å². The van der Waals surface area contributed by atoms with Crippen LogP contribution in [0.15, 0.2) is 36.4 Å². The SMILES string of the molecule is CCOC(=O)C[C@@H](C(=O)OCC)[C@H](NC(=O)c1ccc2ccccc2n1)C(=O)O. The number of benzene rings is 1. The minimum absolute atomic E-state index is 0.00925. The van der Waals surface area contributed by atoms with Crippen molar-refractivity contribution in [1.82, 2.24) is 10.3 Å². The largest absolute Gasteiger partial charge is 0.480 e. The van der Waals surface area contributed by atoms with Gasteiger partial charge in [-0.3, -0.25) is 14.4 Å². The minimum atomic E-state index is -1.70. The monoisotopic (exact) mass is 402 g/mol. The first kappa shape index (κ1) is 21.8. The van der Waals surface area contributed by atoms with Crippen LogP contribution in [0.5, 0.6) is 0 Å². The molecule has 2 aromatic rings. The van der Waals surface area contributed by atoms with Crippen molar-refractivity contribution in [3.63, 3.8) is 0 Å². The number of hydrogen-bond donors (Lipinski definition) is 2. The second-order valence-electron chi connectivity index (χ2n) is 6.05. The topological polar surface area (TPSA) is 132 Å². The highest BCUT2D eigenvalue weighted by Crippen LogP contribution is 2.16. The Balaban J connectivity index is 2.27. The Morgan fingerprint density at radius 1 is 1.03 bits per heavy atom. The first-order valence-corrected chi connectivity index (χ1v) is 9.09. The van der Waals surface area contributed by atoms with E-state index in [0.29, 0.717) is 5.52 Å². The fourth-order valence-electron chi connectivity index (χ4n) is 2.73. The number of para-hydroxylation sites is 1. The molecule has 0 aliphatic rings. The third kappa shape index (κ3) is 5.74. The van der Waals surface area contributed by atoms with Gasteiger partial charge in [0.2, 0.25) is 0 Å². The molecule has 9 nitrogen and oxygen atoms in total. The highest BCUT2D eigenvalue weighted by molar-refractivity contribution is 5.98. The van der Waals surface area contributed by atoms with Gasteiger partial charge < -0.3 is 19.9 Å². The van der Waals surface area contributed by atoms with Crippen LogP contribution < -0.4 is 5.32 Å². The summed E-state index contributed by atoms with van der Waals surface area (Å²) in [5, 5.41) is 12.7. The van der Waals surface area contributed by atoms with Crippen molar-refractivity contribution in [1.29, 1.82) is 0 Å². The van der Waals surface area contributed by atoms with Crippen molar-refractivity contribution < 1.29 is 33.8 Å². The molecule has 0 spiro atoms. The van der Waals surface area contributed by atoms with Crippen molar-refractivity contribution in [3.8, 4) is 0 Å². The van der Waals surface area contributed by atoms with E-state index in [-0.39, 0.29) is 18.9 Å². The van der Waals surface area contributed by atoms with Crippen molar-refractivity contribution >= 4 is 34.7 Å². The molecule has 0 radical (unpaired) electrons. The van der Waals surface area contributed by atoms with Crippen molar-refractivity contribution in [2.45, 2.75) is 26.3 Å². The number of esters is 2. The van der Waals surface area contributed by atoms with E-state index < -0.39 is 42.2 Å². The minimum Gasteiger partial charge on any atom is -0.480 e. The Morgan fingerprint density at radius 3 is 2.38 bits per heavy atom. The molecule has 0 unspecified atom stereocenters. The first-order chi connectivity index (χ1) is 13.9. The number of carbonyl (C=O) groups is 4. The summed E-state index contributed by atoms with van der Waals surface area (Å²) in [4.78, 5) is 52.7. The Labute approximate surface area is 167 Å². The second kappa shape index (κ2) is 10.2. The van der Waals surface area contributed by atoms with Gasteiger partial charge in [0.15, 0.2) is 0 Å². The lowest BCUT2D eigenvalue weighted by Crippen LogP contribution is -2.50. The Kier molecular flexibility index (Phi) is 7.64. The summed E-state index contributed by atoms with van der Waals surface area (Å²) in [6, 6.07) is 8.54. The zero-order valence-electron chi connectivity index (χ0n) is 16.1. The number of nitrogens with one attached hydrogen (secondary N) is 1. The molecule has 2 N–H and O–H groups in total. The summed E-state index contributed by atoms with van der Waals surface area (Å²) in [6.07, 6.45) is -0.547. The van der Waals surface area contributed by atoms with Gasteiger partial charge in [0.05, 0.1) is 31.1 Å². The highest BCUT2D eigenvalue weighted by atomic mass is 16.5. The predicted octanol–water partition coefficient (Wildman–Crippen LogP) is 1.55. The zero-order chi connectivity index (χ0) is 21.4. The Bertz CT molecular complexity index is 913. The van der Waals surface area contributed by atoms with Crippen LogP contribution in [0.25, 0.3) is 10.9 Å². The molecule has 2 atom stereocenters. The van der Waals surface area contributed by atoms with E-state index in [9.17, 15) is 24.3 Å². The molecule has 1 aromatic carbocycles. The number of fused-ring (bicyclic) bond motifs is 1. The van der Waals surface area contributed by atoms with Crippen molar-refractivity contribution in [3.05, 3.63) is 42.1 Å². The number of amides is 1. The molecule has 0 bridgehead atoms. The molecule has 0 fully saturated rings. The normalized spacial score (nSPS) is 12.6. The number of pyridine rings is 1. The molecule has 1 amide bonds. The molecule has 9 heteroatoms. The van der Waals surface area contributed by atoms with Crippen LogP contribution in [0.3, 0.4) is 0 Å². The Hall–Kier alpha value is -3.49. The van der Waals surface area contributed by atoms with E-state index in [1.54, 1.807) is 32.0 Å². The van der Waals surface area contributed by atoms with E-state index >= 15 is 0 Å². The van der Waals surface area contributed by atoms with Gasteiger partial charge in [0, 0.05) is 5.39 Å². The fraction of sp³-hybridized carbons (Fsp3) is 0.350. The van der Waals surface area contributed by atoms with E-state index in [1.165, 1.54) is 6.07 Å². The molecule has 1 aromatic heterocycles. The third-order valence-corrected chi connectivity index (χ3v) is 4.07. The van der Waals surface area contributed by atoms with Gasteiger partial charge in [-0.1, -0.05) is 24.3 Å². The van der Waals surface area contributed by atoms with Gasteiger partial charge in [0.1, 0.15) is 11.7 Å². The fourth-order valence-corrected chi connectivity index (χ4v) is 2.73. The molecule has 0 saturated heterocycles. The van der Waals surface area contributed by atoms with Crippen LogP contribution in [0.1, 0.15) is 30.8 Å². The van der Waals surface area contributed by atoms with E-state index in [1.807, 2.05) is 12.1 Å². The lowest BCUT2D eigenvalue weighted by Gasteiger charge is -2.22. The predicted molar refractivity (Wildman–Crippen MR) is 102 cm³/mol. The lowest BCUT2D eigenvalue weighted by atomic mass is 9.95. The number of carboxylic acids is 1. The zero-order valence-corrected chi connectivity index (χ0v) is 16.1. The summed E-state index contributed by atoms with van der Waals surface area (Å²) in [7, 11) is 0. The van der Waals surface area contributed by atoms with E-state index in [2.05, 4.69) is 10.3 Å². The van der Waals surface area contributed by atoms with Gasteiger partial charge in [-0.15, -0.1) is 0 Å². The van der Waals surface area contributed by atoms with Gasteiger partial charge >= 0.3 is 17.9 Å². The average Bonchev–Trinajstić information content (AvgIpc) is 2.70. The molecular formula is C20H22N2O7. The third-order valence-electron chi connectivity index (χ3n) is 4.07. The molecule has 1 heterocycles. The molecule has 154 valence electrons. The quantitative estimate of drug-likeness (QED) is 0.604. The number of carbonyl (C=O) groups excluding carboxylic acids is 3. The van der Waals surface area contributed by atoms with Crippen LogP contribution >= 0.6 is 0 Å².